The van der Waals surface area contributed by atoms with Crippen molar-refractivity contribution in [3.63, 3.8) is 0 Å². The third-order valence-corrected chi connectivity index (χ3v) is 5.26. The largest absolute Gasteiger partial charge is 0.325 e. The molecule has 2 amide bonds. The van der Waals surface area contributed by atoms with Gasteiger partial charge in [0.25, 0.3) is 5.91 Å². The number of carbonyl (C=O) groups excluding carboxylic acids is 2. The van der Waals surface area contributed by atoms with Gasteiger partial charge in [0.1, 0.15) is 12.7 Å². The highest BCUT2D eigenvalue weighted by atomic mass is 16.2. The summed E-state index contributed by atoms with van der Waals surface area (Å²) in [4.78, 5) is 25.4. The highest BCUT2D eigenvalue weighted by Crippen LogP contribution is 2.52. The monoisotopic (exact) mass is 337 g/mol. The number of para-hydroxylation sites is 1. The number of rotatable bonds is 4. The molecule has 0 radical (unpaired) electrons. The van der Waals surface area contributed by atoms with Crippen LogP contribution in [0, 0.1) is 17.3 Å². The lowest BCUT2D eigenvalue weighted by atomic mass is 9.76. The zero-order valence-corrected chi connectivity index (χ0v) is 13.8. The van der Waals surface area contributed by atoms with Crippen molar-refractivity contribution in [3.8, 4) is 0 Å². The second kappa shape index (κ2) is 5.84. The topological polar surface area (TPSA) is 88.9 Å². The fourth-order valence-electron chi connectivity index (χ4n) is 3.85. The van der Waals surface area contributed by atoms with Crippen LogP contribution < -0.4 is 10.7 Å². The van der Waals surface area contributed by atoms with Crippen molar-refractivity contribution in [1.82, 2.24) is 14.9 Å². The minimum absolute atomic E-state index is 0.0334. The Hall–Kier alpha value is -2.96. The van der Waals surface area contributed by atoms with E-state index in [2.05, 4.69) is 33.1 Å². The van der Waals surface area contributed by atoms with E-state index in [1.165, 1.54) is 17.3 Å². The average molecular weight is 337 g/mol. The second-order valence-corrected chi connectivity index (χ2v) is 6.92. The number of carbonyl (C=O) groups is 2. The Kier molecular flexibility index (Phi) is 3.63. The summed E-state index contributed by atoms with van der Waals surface area (Å²) < 4.78 is 1.36. The van der Waals surface area contributed by atoms with Crippen molar-refractivity contribution in [1.29, 1.82) is 0 Å². The maximum absolute atomic E-state index is 12.9. The van der Waals surface area contributed by atoms with Crippen molar-refractivity contribution in [3.05, 3.63) is 54.6 Å². The lowest BCUT2D eigenvalue weighted by Crippen LogP contribution is -2.37. The van der Waals surface area contributed by atoms with Crippen LogP contribution >= 0.6 is 0 Å². The first kappa shape index (κ1) is 15.6. The van der Waals surface area contributed by atoms with Crippen LogP contribution in [0.15, 0.2) is 49.1 Å². The van der Waals surface area contributed by atoms with Gasteiger partial charge in [0.2, 0.25) is 5.91 Å². The number of nitrogens with zero attached hydrogens (tertiary/aromatic N) is 3. The van der Waals surface area contributed by atoms with Crippen molar-refractivity contribution in [2.24, 2.45) is 17.3 Å². The lowest BCUT2D eigenvalue weighted by molar-refractivity contribution is -0.126. The normalized spacial score (nSPS) is 26.6. The molecule has 2 bridgehead atoms. The first-order chi connectivity index (χ1) is 12.1. The maximum atomic E-state index is 12.9. The van der Waals surface area contributed by atoms with Crippen molar-refractivity contribution in [2.45, 2.75) is 19.8 Å². The Bertz CT molecular complexity index is 845. The maximum Gasteiger partial charge on any atom is 0.272 e. The molecule has 7 heteroatoms. The zero-order chi connectivity index (χ0) is 17.4. The fourth-order valence-corrected chi connectivity index (χ4v) is 3.85. The van der Waals surface area contributed by atoms with Gasteiger partial charge in [-0.1, -0.05) is 31.2 Å². The summed E-state index contributed by atoms with van der Waals surface area (Å²) in [6.45, 7) is 2.01. The molecule has 1 saturated carbocycles. The number of hydrogen-bond acceptors (Lipinski definition) is 4. The number of aromatic nitrogens is 3. The number of anilines is 1. The van der Waals surface area contributed by atoms with E-state index in [9.17, 15) is 9.59 Å². The molecule has 0 saturated heterocycles. The minimum atomic E-state index is -0.419. The van der Waals surface area contributed by atoms with Crippen LogP contribution in [0.25, 0.3) is 0 Å². The Balaban J connectivity index is 1.54. The van der Waals surface area contributed by atoms with Gasteiger partial charge in [-0.25, -0.2) is 4.68 Å². The molecular formula is C18H19N5O2. The summed E-state index contributed by atoms with van der Waals surface area (Å²) in [5, 5.41) is 10.3. The first-order valence-electron chi connectivity index (χ1n) is 8.31. The van der Waals surface area contributed by atoms with E-state index >= 15 is 0 Å². The predicted octanol–water partition coefficient (Wildman–Crippen LogP) is 2.20. The molecule has 0 aliphatic heterocycles. The van der Waals surface area contributed by atoms with Crippen molar-refractivity contribution in [2.75, 3.05) is 10.7 Å². The smallest absolute Gasteiger partial charge is 0.272 e. The molecule has 1 aromatic heterocycles. The van der Waals surface area contributed by atoms with Gasteiger partial charge in [-0.2, -0.15) is 0 Å². The Morgan fingerprint density at radius 1 is 1.20 bits per heavy atom. The van der Waals surface area contributed by atoms with E-state index in [0.717, 1.165) is 12.8 Å². The molecular weight excluding hydrogens is 318 g/mol. The standard InChI is InChI=1S/C18H19N5O2/c1-18(9-12-6-7-13(18)8-12)17(25)21-15-5-3-2-4-14(15)16(24)22-23-10-19-20-11-23/h2-7,10-13H,8-9H2,1H3,(H,21,25)(H,22,24)/t12-,13-,18-/m0/s1. The summed E-state index contributed by atoms with van der Waals surface area (Å²) in [6.07, 6.45) is 9.04. The number of amides is 2. The van der Waals surface area contributed by atoms with Gasteiger partial charge in [0.05, 0.1) is 16.7 Å². The van der Waals surface area contributed by atoms with Crippen LogP contribution in [0.5, 0.6) is 0 Å². The summed E-state index contributed by atoms with van der Waals surface area (Å²) in [5.74, 6) is 0.395. The molecule has 4 rings (SSSR count). The van der Waals surface area contributed by atoms with Gasteiger partial charge in [-0.15, -0.1) is 10.2 Å². The summed E-state index contributed by atoms with van der Waals surface area (Å²) in [6, 6.07) is 6.98. The number of fused-ring (bicyclic) bond motifs is 2. The van der Waals surface area contributed by atoms with Crippen LogP contribution in [0.3, 0.4) is 0 Å². The predicted molar refractivity (Wildman–Crippen MR) is 92.2 cm³/mol. The van der Waals surface area contributed by atoms with Gasteiger partial charge >= 0.3 is 0 Å². The van der Waals surface area contributed by atoms with E-state index in [-0.39, 0.29) is 17.7 Å². The van der Waals surface area contributed by atoms with Crippen LogP contribution in [-0.2, 0) is 4.79 Å². The van der Waals surface area contributed by atoms with Gasteiger partial charge < -0.3 is 5.32 Å². The van der Waals surface area contributed by atoms with Gasteiger partial charge in [0, 0.05) is 0 Å². The molecule has 25 heavy (non-hydrogen) atoms. The van der Waals surface area contributed by atoms with Crippen LogP contribution in [-0.4, -0.2) is 26.7 Å². The minimum Gasteiger partial charge on any atom is -0.325 e. The van der Waals surface area contributed by atoms with E-state index < -0.39 is 5.41 Å². The summed E-state index contributed by atoms with van der Waals surface area (Å²) in [5.41, 5.74) is 3.13. The third-order valence-electron chi connectivity index (χ3n) is 5.26. The lowest BCUT2D eigenvalue weighted by Gasteiger charge is -2.30. The van der Waals surface area contributed by atoms with Crippen LogP contribution in [0.1, 0.15) is 30.1 Å². The quantitative estimate of drug-likeness (QED) is 0.837. The van der Waals surface area contributed by atoms with Gasteiger partial charge in [-0.05, 0) is 36.8 Å². The molecule has 7 nitrogen and oxygen atoms in total. The molecule has 1 fully saturated rings. The Morgan fingerprint density at radius 2 is 1.96 bits per heavy atom. The highest BCUT2D eigenvalue weighted by Gasteiger charge is 2.49. The molecule has 2 aliphatic rings. The van der Waals surface area contributed by atoms with E-state index in [1.54, 1.807) is 24.3 Å². The molecule has 3 atom stereocenters. The second-order valence-electron chi connectivity index (χ2n) is 6.92. The Labute approximate surface area is 145 Å². The number of nitrogens with one attached hydrogen (secondary N) is 2. The van der Waals surface area contributed by atoms with Crippen molar-refractivity contribution >= 4 is 17.5 Å². The molecule has 128 valence electrons. The molecule has 1 heterocycles. The third kappa shape index (κ3) is 2.71. The van der Waals surface area contributed by atoms with Crippen LogP contribution in [0.2, 0.25) is 0 Å². The van der Waals surface area contributed by atoms with Crippen LogP contribution in [0.4, 0.5) is 5.69 Å². The van der Waals surface area contributed by atoms with Gasteiger partial charge in [0.15, 0.2) is 0 Å². The van der Waals surface area contributed by atoms with E-state index in [1.807, 2.05) is 6.92 Å². The zero-order valence-electron chi connectivity index (χ0n) is 13.8. The van der Waals surface area contributed by atoms with Gasteiger partial charge in [-0.3, -0.25) is 15.0 Å². The molecule has 0 unspecified atom stereocenters. The highest BCUT2D eigenvalue weighted by molar-refractivity contribution is 6.08. The molecule has 0 spiro atoms. The summed E-state index contributed by atoms with van der Waals surface area (Å²) >= 11 is 0. The molecule has 2 N–H and O–H groups in total. The fraction of sp³-hybridized carbons (Fsp3) is 0.333. The van der Waals surface area contributed by atoms with Crippen molar-refractivity contribution < 1.29 is 9.59 Å². The van der Waals surface area contributed by atoms with E-state index in [0.29, 0.717) is 17.2 Å². The molecule has 2 aromatic rings. The Morgan fingerprint density at radius 3 is 2.64 bits per heavy atom. The average Bonchev–Trinajstić information content (AvgIpc) is 3.32. The molecule has 2 aliphatic carbocycles. The first-order valence-corrected chi connectivity index (χ1v) is 8.31. The summed E-state index contributed by atoms with van der Waals surface area (Å²) in [7, 11) is 0. The number of hydrogen-bond donors (Lipinski definition) is 2. The van der Waals surface area contributed by atoms with E-state index in [4.69, 9.17) is 0 Å². The SMILES string of the molecule is C[C@]1(C(=O)Nc2ccccc2C(=O)Nn2cnnc2)C[C@H]2C=C[C@H]1C2. The number of allylic oxidation sites excluding steroid dienone is 2. The number of benzene rings is 1. The molecule has 1 aromatic carbocycles.